The Bertz CT molecular complexity index is 930. The molecule has 0 saturated carbocycles. The lowest BCUT2D eigenvalue weighted by molar-refractivity contribution is -0.384. The van der Waals surface area contributed by atoms with Crippen LogP contribution in [0.5, 0.6) is 0 Å². The predicted molar refractivity (Wildman–Crippen MR) is 109 cm³/mol. The number of nitro benzene ring substituents is 1. The maximum absolute atomic E-state index is 11.9. The van der Waals surface area contributed by atoms with Crippen molar-refractivity contribution >= 4 is 28.7 Å². The zero-order valence-electron chi connectivity index (χ0n) is 16.1. The average molecular weight is 380 g/mol. The fraction of sp³-hybridized carbons (Fsp3) is 0.381. The molecule has 1 amide bonds. The van der Waals surface area contributed by atoms with E-state index in [4.69, 9.17) is 0 Å². The molecule has 146 valence electrons. The number of nitrogens with one attached hydrogen (secondary N) is 1. The molecular weight excluding hydrogens is 356 g/mol. The molecule has 2 atom stereocenters. The van der Waals surface area contributed by atoms with E-state index in [1.165, 1.54) is 5.56 Å². The first kappa shape index (κ1) is 18.3. The van der Waals surface area contributed by atoms with Crippen molar-refractivity contribution in [2.75, 3.05) is 23.4 Å². The first-order valence-corrected chi connectivity index (χ1v) is 9.66. The monoisotopic (exact) mass is 380 g/mol. The summed E-state index contributed by atoms with van der Waals surface area (Å²) >= 11 is 0. The minimum atomic E-state index is -0.352. The van der Waals surface area contributed by atoms with Gasteiger partial charge in [-0.3, -0.25) is 14.9 Å². The topological polar surface area (TPSA) is 78.7 Å². The first-order chi connectivity index (χ1) is 13.5. The number of hydrogen-bond donors (Lipinski definition) is 1. The molecule has 4 rings (SSSR count). The Hall–Kier alpha value is -3.09. The zero-order valence-corrected chi connectivity index (χ0v) is 16.1. The number of nitro groups is 1. The minimum Gasteiger partial charge on any atom is -0.363 e. The molecule has 1 N–H and O–H groups in total. The van der Waals surface area contributed by atoms with Gasteiger partial charge in [-0.1, -0.05) is 25.1 Å². The van der Waals surface area contributed by atoms with Crippen molar-refractivity contribution in [2.24, 2.45) is 0 Å². The molecule has 2 aliphatic rings. The van der Waals surface area contributed by atoms with Crippen LogP contribution in [0.3, 0.4) is 0 Å². The highest BCUT2D eigenvalue weighted by Crippen LogP contribution is 2.48. The van der Waals surface area contributed by atoms with Gasteiger partial charge in [0.25, 0.3) is 5.69 Å². The van der Waals surface area contributed by atoms with Crippen molar-refractivity contribution in [3.8, 4) is 0 Å². The van der Waals surface area contributed by atoms with Crippen molar-refractivity contribution in [3.63, 3.8) is 0 Å². The molecule has 2 aromatic carbocycles. The van der Waals surface area contributed by atoms with Crippen molar-refractivity contribution in [3.05, 3.63) is 58.1 Å². The predicted octanol–water partition coefficient (Wildman–Crippen LogP) is 3.91. The largest absolute Gasteiger partial charge is 0.363 e. The van der Waals surface area contributed by atoms with Crippen molar-refractivity contribution in [2.45, 2.75) is 38.3 Å². The minimum absolute atomic E-state index is 0.0773. The number of carbonyl (C=O) groups excluding carboxylic acids is 1. The van der Waals surface area contributed by atoms with Crippen molar-refractivity contribution in [1.82, 2.24) is 5.32 Å². The number of carbonyl (C=O) groups is 1. The molecule has 0 radical (unpaired) electrons. The Morgan fingerprint density at radius 3 is 2.75 bits per heavy atom. The van der Waals surface area contributed by atoms with E-state index in [1.807, 2.05) is 37.1 Å². The lowest BCUT2D eigenvalue weighted by atomic mass is 9.90. The highest BCUT2D eigenvalue weighted by molar-refractivity contribution is 5.83. The highest BCUT2D eigenvalue weighted by atomic mass is 16.6. The molecule has 28 heavy (non-hydrogen) atoms. The number of para-hydroxylation sites is 1. The van der Waals surface area contributed by atoms with Crippen LogP contribution in [0.1, 0.15) is 37.8 Å². The van der Waals surface area contributed by atoms with E-state index in [0.717, 1.165) is 36.4 Å². The lowest BCUT2D eigenvalue weighted by Gasteiger charge is -2.41. The van der Waals surface area contributed by atoms with E-state index < -0.39 is 0 Å². The van der Waals surface area contributed by atoms with Gasteiger partial charge in [-0.2, -0.15) is 0 Å². The summed E-state index contributed by atoms with van der Waals surface area (Å²) in [6.45, 7) is 2.65. The summed E-state index contributed by atoms with van der Waals surface area (Å²) in [4.78, 5) is 27.2. The Kier molecular flexibility index (Phi) is 4.66. The van der Waals surface area contributed by atoms with Gasteiger partial charge >= 0.3 is 0 Å². The quantitative estimate of drug-likeness (QED) is 0.645. The molecule has 0 aliphatic carbocycles. The van der Waals surface area contributed by atoms with E-state index in [1.54, 1.807) is 12.1 Å². The van der Waals surface area contributed by atoms with Gasteiger partial charge < -0.3 is 15.1 Å². The molecule has 1 fully saturated rings. The summed E-state index contributed by atoms with van der Waals surface area (Å²) in [6.07, 6.45) is 2.15. The summed E-state index contributed by atoms with van der Waals surface area (Å²) in [7, 11) is 1.95. The van der Waals surface area contributed by atoms with Gasteiger partial charge in [0.2, 0.25) is 5.91 Å². The van der Waals surface area contributed by atoms with Gasteiger partial charge in [0, 0.05) is 43.9 Å². The smallest absolute Gasteiger partial charge is 0.271 e. The molecule has 2 aliphatic heterocycles. The van der Waals surface area contributed by atoms with E-state index in [-0.39, 0.29) is 28.6 Å². The van der Waals surface area contributed by atoms with Crippen LogP contribution in [0.25, 0.3) is 0 Å². The van der Waals surface area contributed by atoms with E-state index in [2.05, 4.69) is 22.3 Å². The number of non-ortho nitro benzene ring substituents is 1. The van der Waals surface area contributed by atoms with E-state index in [0.29, 0.717) is 6.42 Å². The Balaban J connectivity index is 1.80. The number of benzene rings is 2. The number of amides is 1. The molecular formula is C21H24N4O3. The molecule has 0 unspecified atom stereocenters. The van der Waals surface area contributed by atoms with Crippen molar-refractivity contribution in [1.29, 1.82) is 0 Å². The SMILES string of the molecule is CCC(=O)N[C@H]1CCN2c3ccc([N+](=O)[O-])cc3N(C)c3ccccc3[C@@H]2C1. The molecule has 7 heteroatoms. The fourth-order valence-corrected chi connectivity index (χ4v) is 4.35. The van der Waals surface area contributed by atoms with Crippen LogP contribution >= 0.6 is 0 Å². The second kappa shape index (κ2) is 7.14. The second-order valence-corrected chi connectivity index (χ2v) is 7.40. The third-order valence-corrected chi connectivity index (χ3v) is 5.79. The number of piperidine rings is 1. The standard InChI is InChI=1S/C21H24N4O3/c1-3-21(26)22-14-10-11-24-18-9-8-15(25(27)28)13-20(18)23(2)17-7-5-4-6-16(17)19(24)12-14/h4-9,13-14,19H,3,10-12H2,1-2H3,(H,22,26)/t14-,19-/m0/s1. The molecule has 0 spiro atoms. The third kappa shape index (κ3) is 3.06. The highest BCUT2D eigenvalue weighted by Gasteiger charge is 2.36. The molecule has 0 bridgehead atoms. The summed E-state index contributed by atoms with van der Waals surface area (Å²) < 4.78 is 0. The summed E-state index contributed by atoms with van der Waals surface area (Å²) in [5.74, 6) is 0.0773. The third-order valence-electron chi connectivity index (χ3n) is 5.79. The number of fused-ring (bicyclic) bond motifs is 5. The van der Waals surface area contributed by atoms with Gasteiger partial charge in [0.1, 0.15) is 0 Å². The maximum atomic E-state index is 11.9. The molecule has 0 aromatic heterocycles. The van der Waals surface area contributed by atoms with Crippen molar-refractivity contribution < 1.29 is 9.72 Å². The van der Waals surface area contributed by atoms with Crippen LogP contribution in [0.15, 0.2) is 42.5 Å². The average Bonchev–Trinajstić information content (AvgIpc) is 2.81. The van der Waals surface area contributed by atoms with Crippen LogP contribution in [0.4, 0.5) is 22.7 Å². The summed E-state index contributed by atoms with van der Waals surface area (Å²) in [5.41, 5.74) is 4.14. The van der Waals surface area contributed by atoms with Crippen LogP contribution in [0, 0.1) is 10.1 Å². The first-order valence-electron chi connectivity index (χ1n) is 9.66. The number of rotatable bonds is 3. The Labute approximate surface area is 164 Å². The maximum Gasteiger partial charge on any atom is 0.271 e. The van der Waals surface area contributed by atoms with Crippen LogP contribution in [-0.2, 0) is 4.79 Å². The lowest BCUT2D eigenvalue weighted by Crippen LogP contribution is -2.46. The van der Waals surface area contributed by atoms with Crippen LogP contribution in [-0.4, -0.2) is 30.5 Å². The molecule has 7 nitrogen and oxygen atoms in total. The van der Waals surface area contributed by atoms with Gasteiger partial charge in [0.05, 0.1) is 22.3 Å². The Morgan fingerprint density at radius 1 is 1.21 bits per heavy atom. The number of nitrogens with zero attached hydrogens (tertiary/aromatic N) is 3. The van der Waals surface area contributed by atoms with Crippen LogP contribution < -0.4 is 15.1 Å². The second-order valence-electron chi connectivity index (χ2n) is 7.40. The van der Waals surface area contributed by atoms with Gasteiger partial charge in [-0.15, -0.1) is 0 Å². The number of anilines is 3. The summed E-state index contributed by atoms with van der Waals surface area (Å²) in [5, 5.41) is 14.5. The van der Waals surface area contributed by atoms with Gasteiger partial charge in [-0.05, 0) is 30.5 Å². The Morgan fingerprint density at radius 2 is 2.00 bits per heavy atom. The zero-order chi connectivity index (χ0) is 19.8. The number of hydrogen-bond acceptors (Lipinski definition) is 5. The molecule has 1 saturated heterocycles. The van der Waals surface area contributed by atoms with Crippen LogP contribution in [0.2, 0.25) is 0 Å². The van der Waals surface area contributed by atoms with Gasteiger partial charge in [0.15, 0.2) is 0 Å². The van der Waals surface area contributed by atoms with E-state index >= 15 is 0 Å². The fourth-order valence-electron chi connectivity index (χ4n) is 4.35. The normalized spacial score (nSPS) is 20.5. The van der Waals surface area contributed by atoms with E-state index in [9.17, 15) is 14.9 Å². The molecule has 2 heterocycles. The molecule has 2 aromatic rings. The summed E-state index contributed by atoms with van der Waals surface area (Å²) in [6, 6.07) is 13.5. The van der Waals surface area contributed by atoms with Gasteiger partial charge in [-0.25, -0.2) is 0 Å².